The zero-order valence-electron chi connectivity index (χ0n) is 69.6. The fourth-order valence-electron chi connectivity index (χ4n) is 15.7. The van der Waals surface area contributed by atoms with E-state index in [1.165, 1.54) is 45.6 Å². The SMILES string of the molecule is CC.CC.CC.CCN.CCNC(=O)CCOc1cc2c(cc1OC)C(=O)N1CCC[C@H]1C=N2.CCNC(=O)CCOc1cc2c(cc1OC)C(=O)N1CCC[C@H]1[C@H](O)N2C(=O)OCC1c2ccccc2-c2ccccc21.COc1cc2c(cc1OCCC(=O)O)N(C(=O)OCC1c3ccccc3-c3ccccc31)[C@@H](O)[C@@H]1CCCN1C2=O. The number of fused-ring (bicyclic) bond motifs is 12. The normalized spacial score (nSPS) is 17.7. The van der Waals surface area contributed by atoms with E-state index in [0.717, 1.165) is 80.2 Å². The van der Waals surface area contributed by atoms with Crippen molar-refractivity contribution in [3.63, 3.8) is 0 Å². The molecule has 7 aromatic carbocycles. The Balaban J connectivity index is 0.000000198. The highest BCUT2D eigenvalue weighted by molar-refractivity contribution is 6.08. The molecule has 3 fully saturated rings. The molecule has 0 radical (unpaired) electrons. The number of amides is 7. The van der Waals surface area contributed by atoms with Gasteiger partial charge in [0.05, 0.1) is 112 Å². The van der Waals surface area contributed by atoms with Crippen LogP contribution in [0.15, 0.2) is 138 Å². The third-order valence-electron chi connectivity index (χ3n) is 20.9. The second kappa shape index (κ2) is 43.5. The number of benzene rings is 7. The molecule has 3 saturated heterocycles. The molecule has 0 unspecified atom stereocenters. The molecular weight excluding hydrogens is 1510 g/mol. The number of carboxylic acid groups (broad SMARTS) is 1. The number of anilines is 2. The van der Waals surface area contributed by atoms with Crippen LogP contribution in [0.25, 0.3) is 22.3 Å². The largest absolute Gasteiger partial charge is 0.493 e. The lowest BCUT2D eigenvalue weighted by atomic mass is 9.98. The van der Waals surface area contributed by atoms with Gasteiger partial charge in [0.1, 0.15) is 13.2 Å². The average Bonchev–Trinajstić information content (AvgIpc) is 1.61. The average molecular weight is 1620 g/mol. The predicted octanol–water partition coefficient (Wildman–Crippen LogP) is 13.5. The maximum absolute atomic E-state index is 13.9. The lowest BCUT2D eigenvalue weighted by Gasteiger charge is -2.32. The Hall–Kier alpha value is -11.8. The maximum Gasteiger partial charge on any atom is 0.416 e. The molecule has 5 atom stereocenters. The van der Waals surface area contributed by atoms with Crippen molar-refractivity contribution in [3.05, 3.63) is 172 Å². The van der Waals surface area contributed by atoms with Crippen molar-refractivity contribution in [2.45, 2.75) is 163 Å². The Labute approximate surface area is 690 Å². The molecule has 7 N–H and O–H groups in total. The fourth-order valence-corrected chi connectivity index (χ4v) is 15.7. The van der Waals surface area contributed by atoms with Crippen molar-refractivity contribution < 1.29 is 91.6 Å². The van der Waals surface area contributed by atoms with Gasteiger partial charge in [0, 0.05) is 69.0 Å². The molecule has 7 aromatic rings. The number of hydrogen-bond acceptors (Lipinski definition) is 20. The van der Waals surface area contributed by atoms with Crippen LogP contribution in [0.2, 0.25) is 0 Å². The number of aliphatic imine (C=N–C) groups is 1. The van der Waals surface area contributed by atoms with Gasteiger partial charge in [-0.2, -0.15) is 0 Å². The third kappa shape index (κ3) is 20.1. The number of carbonyl (C=O) groups is 8. The van der Waals surface area contributed by atoms with Gasteiger partial charge in [-0.1, -0.05) is 146 Å². The van der Waals surface area contributed by atoms with Crippen LogP contribution in [0.3, 0.4) is 0 Å². The summed E-state index contributed by atoms with van der Waals surface area (Å²) in [4.78, 5) is 114. The van der Waals surface area contributed by atoms with Crippen LogP contribution in [-0.2, 0) is 23.9 Å². The number of nitrogens with zero attached hydrogens (tertiary/aromatic N) is 6. The summed E-state index contributed by atoms with van der Waals surface area (Å²) < 4.78 is 45.4. The number of aliphatic carboxylic acids is 1. The number of hydrogen-bond donors (Lipinski definition) is 6. The second-order valence-corrected chi connectivity index (χ2v) is 27.6. The molecule has 6 aliphatic heterocycles. The van der Waals surface area contributed by atoms with E-state index in [2.05, 4.69) is 27.8 Å². The molecule has 118 heavy (non-hydrogen) atoms. The summed E-state index contributed by atoms with van der Waals surface area (Å²) in [6.07, 6.45) is 2.08. The highest BCUT2D eigenvalue weighted by atomic mass is 16.6. The summed E-state index contributed by atoms with van der Waals surface area (Å²) >= 11 is 0. The summed E-state index contributed by atoms with van der Waals surface area (Å²) in [5.74, 6) is -0.476. The molecule has 28 nitrogen and oxygen atoms in total. The molecule has 8 aliphatic rings. The van der Waals surface area contributed by atoms with Crippen LogP contribution in [0.1, 0.15) is 185 Å². The summed E-state index contributed by atoms with van der Waals surface area (Å²) in [7, 11) is 4.39. The molecule has 2 aliphatic carbocycles. The van der Waals surface area contributed by atoms with Crippen LogP contribution < -0.4 is 54.6 Å². The van der Waals surface area contributed by atoms with E-state index in [-0.39, 0.29) is 145 Å². The first kappa shape index (κ1) is 90.2. The lowest BCUT2D eigenvalue weighted by Crippen LogP contribution is -2.51. The zero-order chi connectivity index (χ0) is 85.3. The van der Waals surface area contributed by atoms with Crippen LogP contribution in [-0.4, -0.2) is 208 Å². The molecule has 28 heteroatoms. The van der Waals surface area contributed by atoms with Gasteiger partial charge < -0.3 is 84.3 Å². The van der Waals surface area contributed by atoms with Gasteiger partial charge in [-0.25, -0.2) is 19.4 Å². The van der Waals surface area contributed by atoms with Crippen molar-refractivity contribution in [2.24, 2.45) is 10.7 Å². The van der Waals surface area contributed by atoms with Gasteiger partial charge in [-0.3, -0.25) is 33.8 Å². The van der Waals surface area contributed by atoms with Gasteiger partial charge in [0.15, 0.2) is 47.0 Å². The minimum absolute atomic E-state index is 0.0258. The molecular formula is C90H113N9O19. The Morgan fingerprint density at radius 1 is 0.458 bits per heavy atom. The smallest absolute Gasteiger partial charge is 0.416 e. The maximum atomic E-state index is 13.9. The fraction of sp³-hybridized carbons (Fsp3) is 0.433. The van der Waals surface area contributed by atoms with E-state index in [0.29, 0.717) is 74.6 Å². The monoisotopic (exact) mass is 1620 g/mol. The van der Waals surface area contributed by atoms with E-state index < -0.39 is 42.7 Å². The zero-order valence-corrected chi connectivity index (χ0v) is 69.6. The first-order valence-electron chi connectivity index (χ1n) is 41.0. The van der Waals surface area contributed by atoms with Gasteiger partial charge in [-0.15, -0.1) is 0 Å². The molecule has 6 heterocycles. The second-order valence-electron chi connectivity index (χ2n) is 27.6. The first-order chi connectivity index (χ1) is 57.4. The van der Waals surface area contributed by atoms with Crippen molar-refractivity contribution in [2.75, 3.05) is 103 Å². The quantitative estimate of drug-likeness (QED) is 0.0389. The third-order valence-corrected chi connectivity index (χ3v) is 20.9. The summed E-state index contributed by atoms with van der Waals surface area (Å²) in [6.45, 7) is 21.3. The van der Waals surface area contributed by atoms with E-state index in [4.69, 9.17) is 48.7 Å². The minimum Gasteiger partial charge on any atom is -0.493 e. The van der Waals surface area contributed by atoms with Gasteiger partial charge in [0.25, 0.3) is 17.7 Å². The Morgan fingerprint density at radius 3 is 1.17 bits per heavy atom. The Bertz CT molecular complexity index is 4600. The summed E-state index contributed by atoms with van der Waals surface area (Å²) in [5.41, 5.74) is 15.2. The lowest BCUT2D eigenvalue weighted by molar-refractivity contribution is -0.137. The number of carbonyl (C=O) groups excluding carboxylic acids is 7. The topological polar surface area (TPSA) is 350 Å². The number of nitrogens with two attached hydrogens (primary N) is 1. The molecule has 0 spiro atoms. The van der Waals surface area contributed by atoms with Crippen LogP contribution >= 0.6 is 0 Å². The van der Waals surface area contributed by atoms with Crippen molar-refractivity contribution in [1.82, 2.24) is 25.3 Å². The van der Waals surface area contributed by atoms with E-state index in [9.17, 15) is 48.6 Å². The molecule has 0 bridgehead atoms. The van der Waals surface area contributed by atoms with Crippen LogP contribution in [0, 0.1) is 0 Å². The van der Waals surface area contributed by atoms with Gasteiger partial charge in [-0.05, 0) is 122 Å². The first-order valence-corrected chi connectivity index (χ1v) is 41.0. The van der Waals surface area contributed by atoms with Gasteiger partial charge in [0.2, 0.25) is 11.8 Å². The van der Waals surface area contributed by atoms with Crippen LogP contribution in [0.4, 0.5) is 26.7 Å². The number of aliphatic hydroxyl groups excluding tert-OH is 2. The number of carboxylic acids is 1. The molecule has 15 rings (SSSR count). The molecule has 0 aromatic heterocycles. The van der Waals surface area contributed by atoms with E-state index >= 15 is 0 Å². The van der Waals surface area contributed by atoms with Crippen molar-refractivity contribution in [3.8, 4) is 56.8 Å². The Morgan fingerprint density at radius 2 is 0.797 bits per heavy atom. The number of methoxy groups -OCH3 is 3. The molecule has 7 amide bonds. The number of ether oxygens (including phenoxy) is 8. The predicted molar refractivity (Wildman–Crippen MR) is 451 cm³/mol. The minimum atomic E-state index is -1.36. The van der Waals surface area contributed by atoms with E-state index in [1.807, 2.05) is 158 Å². The highest BCUT2D eigenvalue weighted by Crippen LogP contribution is 2.49. The molecule has 0 saturated carbocycles. The van der Waals surface area contributed by atoms with E-state index in [1.54, 1.807) is 21.9 Å². The molecule has 632 valence electrons. The van der Waals surface area contributed by atoms with Crippen LogP contribution in [0.5, 0.6) is 34.5 Å². The highest BCUT2D eigenvalue weighted by Gasteiger charge is 2.48. The number of aliphatic hydroxyl groups is 2. The Kier molecular flexibility index (Phi) is 33.2. The van der Waals surface area contributed by atoms with Gasteiger partial charge >= 0.3 is 18.2 Å². The number of rotatable bonds is 21. The van der Waals surface area contributed by atoms with Crippen molar-refractivity contribution >= 4 is 71.0 Å². The number of nitrogens with one attached hydrogen (secondary N) is 2. The standard InChI is InChI=1S/C33H35N3O7.C31H30N2O8.C18H23N3O4.C2H7N.3C2H6/c1-3-34-30(37)14-16-42-29-18-27-24(17-28(29)41-2)31(38)35-15-8-13-26(35)32(39)36(27)33(40)43-19-25-22-11-6-4-9-20(22)21-10-5-7-12-23(21)25;1-39-26-15-22-25(16-27(26)40-14-12-28(34)35)33(30(37)24-11-6-13-32(24)29(22)36)31(38)41-17-23-20-9-4-2-7-18(20)19-8-3-5-10-21(19)23;1-3-19-17(22)6-8-25-16-10-14-13(9-15(16)24-2)18(23)21-7-4-5-12(21)11-20-14;1-2-3;3*1-2/h4-7,9-12,17-18,25-26,32,39H,3,8,13-16,19H2,1-2H3,(H,34,37);2-5,7-10,15-16,23-24,30,37H,6,11-14,17H2,1H3,(H,34,35);9-12H,3-8H2,1-2H3,(H,19,22);2-3H2,1H3;3*1-2H3/t26-,32-;24-,30-;12-;;;;/m000..../s1. The summed E-state index contributed by atoms with van der Waals surface area (Å²) in [6, 6.07) is 40.3. The summed E-state index contributed by atoms with van der Waals surface area (Å²) in [5, 5.41) is 37.6. The van der Waals surface area contributed by atoms with Crippen molar-refractivity contribution in [1.29, 1.82) is 0 Å².